The molecule has 0 amide bonds. The Morgan fingerprint density at radius 3 is 2.33 bits per heavy atom. The molecule has 0 radical (unpaired) electrons. The molecule has 0 atom stereocenters. The van der Waals surface area contributed by atoms with Crippen LogP contribution in [-0.2, 0) is 17.8 Å². The van der Waals surface area contributed by atoms with Crippen molar-refractivity contribution in [2.45, 2.75) is 33.3 Å². The monoisotopic (exact) mass is 284 g/mol. The largest absolute Gasteiger partial charge is 0.489 e. The van der Waals surface area contributed by atoms with Gasteiger partial charge in [0.05, 0.1) is 0 Å². The molecular formula is C18H20O3. The highest BCUT2D eigenvalue weighted by atomic mass is 16.5. The van der Waals surface area contributed by atoms with E-state index in [1.165, 1.54) is 5.56 Å². The van der Waals surface area contributed by atoms with Crippen LogP contribution >= 0.6 is 0 Å². The number of hydrogen-bond donors (Lipinski definition) is 1. The van der Waals surface area contributed by atoms with Crippen molar-refractivity contribution >= 4 is 5.97 Å². The first kappa shape index (κ1) is 15.1. The standard InChI is InChI=1S/C18H20O3/c1-13-3-5-16(6-4-13)12-21-17-9-7-15(11-14(17)2)8-10-18(19)20/h3-7,9,11H,8,10,12H2,1-2H3,(H,19,20). The summed E-state index contributed by atoms with van der Waals surface area (Å²) in [4.78, 5) is 10.6. The predicted octanol–water partition coefficient (Wildman–Crippen LogP) is 3.90. The molecule has 0 aliphatic carbocycles. The first-order valence-corrected chi connectivity index (χ1v) is 7.04. The minimum Gasteiger partial charge on any atom is -0.489 e. The van der Waals surface area contributed by atoms with E-state index in [0.717, 1.165) is 22.4 Å². The summed E-state index contributed by atoms with van der Waals surface area (Å²) in [5, 5.41) is 8.70. The fourth-order valence-electron chi connectivity index (χ4n) is 2.13. The molecule has 2 aromatic carbocycles. The minimum absolute atomic E-state index is 0.156. The lowest BCUT2D eigenvalue weighted by Gasteiger charge is -2.11. The maximum Gasteiger partial charge on any atom is 0.303 e. The number of rotatable bonds is 6. The lowest BCUT2D eigenvalue weighted by molar-refractivity contribution is -0.136. The van der Waals surface area contributed by atoms with Gasteiger partial charge in [0.1, 0.15) is 12.4 Å². The first-order valence-electron chi connectivity index (χ1n) is 7.04. The summed E-state index contributed by atoms with van der Waals surface area (Å²) in [5.74, 6) is 0.0713. The van der Waals surface area contributed by atoms with Crippen molar-refractivity contribution in [1.29, 1.82) is 0 Å². The summed E-state index contributed by atoms with van der Waals surface area (Å²) in [7, 11) is 0. The highest BCUT2D eigenvalue weighted by Crippen LogP contribution is 2.21. The molecule has 0 heterocycles. The zero-order valence-electron chi connectivity index (χ0n) is 12.4. The average molecular weight is 284 g/mol. The second-order valence-electron chi connectivity index (χ2n) is 5.27. The molecule has 2 aromatic rings. The Bertz CT molecular complexity index is 615. The molecule has 0 fully saturated rings. The molecule has 0 aliphatic rings. The highest BCUT2D eigenvalue weighted by Gasteiger charge is 2.04. The van der Waals surface area contributed by atoms with Gasteiger partial charge in [0.25, 0.3) is 0 Å². The quantitative estimate of drug-likeness (QED) is 0.875. The Morgan fingerprint density at radius 2 is 1.71 bits per heavy atom. The third-order valence-electron chi connectivity index (χ3n) is 3.38. The zero-order chi connectivity index (χ0) is 15.2. The topological polar surface area (TPSA) is 46.5 Å². The van der Waals surface area contributed by atoms with Crippen molar-refractivity contribution in [3.8, 4) is 5.75 Å². The SMILES string of the molecule is Cc1ccc(COc2ccc(CCC(=O)O)cc2C)cc1. The van der Waals surface area contributed by atoms with Crippen LogP contribution in [0.5, 0.6) is 5.75 Å². The lowest BCUT2D eigenvalue weighted by atomic mass is 10.1. The molecule has 0 saturated carbocycles. The summed E-state index contributed by atoms with van der Waals surface area (Å²) in [6, 6.07) is 14.1. The van der Waals surface area contributed by atoms with Crippen LogP contribution in [0.25, 0.3) is 0 Å². The molecule has 0 aliphatic heterocycles. The second kappa shape index (κ2) is 6.93. The van der Waals surface area contributed by atoms with Crippen LogP contribution in [0.2, 0.25) is 0 Å². The molecular weight excluding hydrogens is 264 g/mol. The second-order valence-corrected chi connectivity index (χ2v) is 5.27. The van der Waals surface area contributed by atoms with Crippen LogP contribution in [-0.4, -0.2) is 11.1 Å². The fourth-order valence-corrected chi connectivity index (χ4v) is 2.13. The van der Waals surface area contributed by atoms with Crippen LogP contribution in [0.1, 0.15) is 28.7 Å². The number of carboxylic acid groups (broad SMARTS) is 1. The maximum absolute atomic E-state index is 10.6. The normalized spacial score (nSPS) is 10.4. The van der Waals surface area contributed by atoms with E-state index in [0.29, 0.717) is 13.0 Å². The Labute approximate surface area is 125 Å². The number of aliphatic carboxylic acids is 1. The maximum atomic E-state index is 10.6. The van der Waals surface area contributed by atoms with Crippen molar-refractivity contribution < 1.29 is 14.6 Å². The first-order chi connectivity index (χ1) is 10.0. The molecule has 0 spiro atoms. The van der Waals surface area contributed by atoms with Gasteiger partial charge in [-0.15, -0.1) is 0 Å². The minimum atomic E-state index is -0.771. The lowest BCUT2D eigenvalue weighted by Crippen LogP contribution is -2.00. The van der Waals surface area contributed by atoms with E-state index < -0.39 is 5.97 Å². The number of carboxylic acids is 1. The molecule has 3 nitrogen and oxygen atoms in total. The van der Waals surface area contributed by atoms with Gasteiger partial charge >= 0.3 is 5.97 Å². The zero-order valence-corrected chi connectivity index (χ0v) is 12.4. The van der Waals surface area contributed by atoms with Crippen LogP contribution in [0.15, 0.2) is 42.5 Å². The summed E-state index contributed by atoms with van der Waals surface area (Å²) in [6.45, 7) is 4.58. The van der Waals surface area contributed by atoms with Gasteiger partial charge in [-0.3, -0.25) is 4.79 Å². The number of carbonyl (C=O) groups is 1. The van der Waals surface area contributed by atoms with Gasteiger partial charge in [-0.25, -0.2) is 0 Å². The van der Waals surface area contributed by atoms with Crippen LogP contribution in [0, 0.1) is 13.8 Å². The van der Waals surface area contributed by atoms with Crippen molar-refractivity contribution in [1.82, 2.24) is 0 Å². The molecule has 1 N–H and O–H groups in total. The van der Waals surface area contributed by atoms with Gasteiger partial charge < -0.3 is 9.84 Å². The Kier molecular flexibility index (Phi) is 4.99. The molecule has 3 heteroatoms. The number of ether oxygens (including phenoxy) is 1. The average Bonchev–Trinajstić information content (AvgIpc) is 2.46. The molecule has 110 valence electrons. The summed E-state index contributed by atoms with van der Waals surface area (Å²) < 4.78 is 5.83. The van der Waals surface area contributed by atoms with Crippen LogP contribution in [0.3, 0.4) is 0 Å². The van der Waals surface area contributed by atoms with Crippen LogP contribution < -0.4 is 4.74 Å². The summed E-state index contributed by atoms with van der Waals surface area (Å²) in [6.07, 6.45) is 0.706. The smallest absolute Gasteiger partial charge is 0.303 e. The van der Waals surface area contributed by atoms with Crippen molar-refractivity contribution in [3.63, 3.8) is 0 Å². The molecule has 0 unspecified atom stereocenters. The summed E-state index contributed by atoms with van der Waals surface area (Å²) >= 11 is 0. The Hall–Kier alpha value is -2.29. The fraction of sp³-hybridized carbons (Fsp3) is 0.278. The molecule has 0 bridgehead atoms. The number of aryl methyl sites for hydroxylation is 3. The van der Waals surface area contributed by atoms with Gasteiger partial charge in [0.2, 0.25) is 0 Å². The molecule has 2 rings (SSSR count). The van der Waals surface area contributed by atoms with Gasteiger partial charge in [-0.2, -0.15) is 0 Å². The van der Waals surface area contributed by atoms with E-state index in [2.05, 4.69) is 31.2 Å². The van der Waals surface area contributed by atoms with Gasteiger partial charge in [0.15, 0.2) is 0 Å². The van der Waals surface area contributed by atoms with Crippen LogP contribution in [0.4, 0.5) is 0 Å². The van der Waals surface area contributed by atoms with Gasteiger partial charge in [-0.05, 0) is 43.0 Å². The van der Waals surface area contributed by atoms with Crippen molar-refractivity contribution in [2.75, 3.05) is 0 Å². The van der Waals surface area contributed by atoms with Crippen molar-refractivity contribution in [2.24, 2.45) is 0 Å². The number of benzene rings is 2. The summed E-state index contributed by atoms with van der Waals surface area (Å²) in [5.41, 5.74) is 4.43. The van der Waals surface area contributed by atoms with Crippen molar-refractivity contribution in [3.05, 3.63) is 64.7 Å². The Balaban J connectivity index is 1.97. The number of hydrogen-bond acceptors (Lipinski definition) is 2. The van der Waals surface area contributed by atoms with E-state index in [4.69, 9.17) is 9.84 Å². The van der Waals surface area contributed by atoms with E-state index in [9.17, 15) is 4.79 Å². The van der Waals surface area contributed by atoms with E-state index >= 15 is 0 Å². The van der Waals surface area contributed by atoms with Gasteiger partial charge in [0, 0.05) is 6.42 Å². The van der Waals surface area contributed by atoms with Gasteiger partial charge in [-0.1, -0.05) is 42.0 Å². The predicted molar refractivity (Wildman–Crippen MR) is 82.6 cm³/mol. The highest BCUT2D eigenvalue weighted by molar-refractivity contribution is 5.67. The molecule has 0 aromatic heterocycles. The van der Waals surface area contributed by atoms with E-state index in [1.807, 2.05) is 25.1 Å². The Morgan fingerprint density at radius 1 is 1.05 bits per heavy atom. The molecule has 0 saturated heterocycles. The third kappa shape index (κ3) is 4.63. The van der Waals surface area contributed by atoms with E-state index in [1.54, 1.807) is 0 Å². The van der Waals surface area contributed by atoms with E-state index in [-0.39, 0.29) is 6.42 Å². The molecule has 21 heavy (non-hydrogen) atoms. The third-order valence-corrected chi connectivity index (χ3v) is 3.38.